The standard InChI is InChI=1S/C24H27N5O3/c1-15(2)17-5-8-19(9-6-17)29-16(3)26-20-13-18(7-10-21(20)29)24(30)25-12-11-22-27-23(14-31-4)32-28-22/h5-10,13,15H,11-12,14H2,1-4H3,(H,25,30). The third-order valence-corrected chi connectivity index (χ3v) is 5.31. The SMILES string of the molecule is COCc1nc(CCNC(=O)c2ccc3c(c2)nc(C)n3-c2ccc(C(C)C)cc2)no1. The molecule has 0 aliphatic rings. The first-order valence-electron chi connectivity index (χ1n) is 10.6. The minimum absolute atomic E-state index is 0.166. The van der Waals surface area contributed by atoms with E-state index in [0.29, 0.717) is 36.2 Å². The summed E-state index contributed by atoms with van der Waals surface area (Å²) in [7, 11) is 1.56. The Hall–Kier alpha value is -3.52. The molecule has 1 amide bonds. The summed E-state index contributed by atoms with van der Waals surface area (Å²) in [5, 5.41) is 6.77. The number of ether oxygens (including phenoxy) is 1. The molecule has 0 bridgehead atoms. The average Bonchev–Trinajstić information content (AvgIpc) is 3.36. The van der Waals surface area contributed by atoms with E-state index in [9.17, 15) is 4.79 Å². The van der Waals surface area contributed by atoms with Crippen molar-refractivity contribution in [2.45, 2.75) is 39.7 Å². The van der Waals surface area contributed by atoms with Crippen molar-refractivity contribution in [1.82, 2.24) is 25.0 Å². The molecule has 8 nitrogen and oxygen atoms in total. The number of hydrogen-bond donors (Lipinski definition) is 1. The quantitative estimate of drug-likeness (QED) is 0.452. The molecule has 4 aromatic rings. The largest absolute Gasteiger partial charge is 0.375 e. The number of nitrogens with one attached hydrogen (secondary N) is 1. The Balaban J connectivity index is 1.46. The predicted octanol–water partition coefficient (Wildman–Crippen LogP) is 3.96. The van der Waals surface area contributed by atoms with Crippen molar-refractivity contribution in [3.8, 4) is 5.69 Å². The Labute approximate surface area is 186 Å². The Bertz CT molecular complexity index is 1220. The van der Waals surface area contributed by atoms with E-state index in [1.54, 1.807) is 7.11 Å². The number of methoxy groups -OCH3 is 1. The van der Waals surface area contributed by atoms with E-state index < -0.39 is 0 Å². The number of nitrogens with zero attached hydrogens (tertiary/aromatic N) is 4. The maximum Gasteiger partial charge on any atom is 0.252 e. The van der Waals surface area contributed by atoms with Gasteiger partial charge in [0.05, 0.1) is 11.0 Å². The molecule has 4 rings (SSSR count). The normalized spacial score (nSPS) is 11.4. The van der Waals surface area contributed by atoms with Crippen molar-refractivity contribution in [2.24, 2.45) is 0 Å². The van der Waals surface area contributed by atoms with E-state index in [-0.39, 0.29) is 12.5 Å². The lowest BCUT2D eigenvalue weighted by atomic mass is 10.0. The van der Waals surface area contributed by atoms with Gasteiger partial charge >= 0.3 is 0 Å². The number of carbonyl (C=O) groups is 1. The van der Waals surface area contributed by atoms with Crippen LogP contribution in [0.4, 0.5) is 0 Å². The van der Waals surface area contributed by atoms with Crippen LogP contribution < -0.4 is 5.32 Å². The van der Waals surface area contributed by atoms with Crippen molar-refractivity contribution < 1.29 is 14.1 Å². The molecule has 1 N–H and O–H groups in total. The highest BCUT2D eigenvalue weighted by molar-refractivity contribution is 5.97. The second kappa shape index (κ2) is 9.32. The molecular weight excluding hydrogens is 406 g/mol. The van der Waals surface area contributed by atoms with Gasteiger partial charge in [-0.3, -0.25) is 9.36 Å². The van der Waals surface area contributed by atoms with Crippen LogP contribution in [0.25, 0.3) is 16.7 Å². The first kappa shape index (κ1) is 21.7. The minimum Gasteiger partial charge on any atom is -0.375 e. The lowest BCUT2D eigenvalue weighted by Gasteiger charge is -2.10. The fourth-order valence-corrected chi connectivity index (χ4v) is 3.64. The van der Waals surface area contributed by atoms with Gasteiger partial charge < -0.3 is 14.6 Å². The van der Waals surface area contributed by atoms with Gasteiger partial charge in [0, 0.05) is 31.3 Å². The zero-order valence-electron chi connectivity index (χ0n) is 18.8. The number of aromatic nitrogens is 4. The van der Waals surface area contributed by atoms with Crippen LogP contribution in [-0.4, -0.2) is 39.3 Å². The summed E-state index contributed by atoms with van der Waals surface area (Å²) in [5.41, 5.74) is 4.66. The molecule has 32 heavy (non-hydrogen) atoms. The Kier molecular flexibility index (Phi) is 6.32. The van der Waals surface area contributed by atoms with Crippen molar-refractivity contribution in [3.05, 3.63) is 71.1 Å². The first-order chi connectivity index (χ1) is 15.5. The van der Waals surface area contributed by atoms with Crippen LogP contribution in [0.1, 0.15) is 53.2 Å². The zero-order valence-corrected chi connectivity index (χ0v) is 18.8. The van der Waals surface area contributed by atoms with Crippen molar-refractivity contribution in [3.63, 3.8) is 0 Å². The number of hydrogen-bond acceptors (Lipinski definition) is 6. The number of rotatable bonds is 8. The zero-order chi connectivity index (χ0) is 22.7. The van der Waals surface area contributed by atoms with Gasteiger partial charge in [-0.1, -0.05) is 31.1 Å². The number of carbonyl (C=O) groups excluding carboxylic acids is 1. The first-order valence-corrected chi connectivity index (χ1v) is 10.6. The van der Waals surface area contributed by atoms with E-state index >= 15 is 0 Å². The van der Waals surface area contributed by atoms with E-state index in [2.05, 4.69) is 63.1 Å². The molecule has 0 aliphatic heterocycles. The van der Waals surface area contributed by atoms with E-state index in [1.165, 1.54) is 5.56 Å². The van der Waals surface area contributed by atoms with Gasteiger partial charge in [-0.25, -0.2) is 4.98 Å². The second-order valence-corrected chi connectivity index (χ2v) is 7.99. The third kappa shape index (κ3) is 4.55. The molecule has 0 saturated carbocycles. The number of aryl methyl sites for hydroxylation is 1. The highest BCUT2D eigenvalue weighted by Gasteiger charge is 2.14. The molecule has 0 atom stereocenters. The van der Waals surface area contributed by atoms with Gasteiger partial charge in [0.25, 0.3) is 11.8 Å². The molecule has 0 radical (unpaired) electrons. The van der Waals surface area contributed by atoms with Crippen LogP contribution in [-0.2, 0) is 17.8 Å². The van der Waals surface area contributed by atoms with E-state index in [0.717, 1.165) is 22.5 Å². The Morgan fingerprint density at radius 3 is 2.66 bits per heavy atom. The smallest absolute Gasteiger partial charge is 0.252 e. The van der Waals surface area contributed by atoms with E-state index in [4.69, 9.17) is 9.26 Å². The summed E-state index contributed by atoms with van der Waals surface area (Å²) in [4.78, 5) is 21.5. The number of benzene rings is 2. The Morgan fingerprint density at radius 2 is 1.94 bits per heavy atom. The van der Waals surface area contributed by atoms with E-state index in [1.807, 2.05) is 25.1 Å². The van der Waals surface area contributed by atoms with Crippen LogP contribution in [0.15, 0.2) is 47.0 Å². The van der Waals surface area contributed by atoms with Crippen molar-refractivity contribution in [1.29, 1.82) is 0 Å². The van der Waals surface area contributed by atoms with Crippen LogP contribution in [0.2, 0.25) is 0 Å². The van der Waals surface area contributed by atoms with Gasteiger partial charge in [-0.15, -0.1) is 0 Å². The summed E-state index contributed by atoms with van der Waals surface area (Å²) in [6, 6.07) is 14.1. The average molecular weight is 434 g/mol. The fourth-order valence-electron chi connectivity index (χ4n) is 3.64. The number of fused-ring (bicyclic) bond motifs is 1. The molecule has 0 spiro atoms. The molecule has 0 unspecified atom stereocenters. The molecule has 0 saturated heterocycles. The fraction of sp³-hybridized carbons (Fsp3) is 0.333. The summed E-state index contributed by atoms with van der Waals surface area (Å²) < 4.78 is 12.1. The van der Waals surface area contributed by atoms with Gasteiger partial charge in [0.15, 0.2) is 5.82 Å². The second-order valence-electron chi connectivity index (χ2n) is 7.99. The van der Waals surface area contributed by atoms with Crippen LogP contribution in [0, 0.1) is 6.92 Å². The highest BCUT2D eigenvalue weighted by atomic mass is 16.5. The topological polar surface area (TPSA) is 95.1 Å². The molecule has 2 aromatic carbocycles. The molecule has 2 heterocycles. The third-order valence-electron chi connectivity index (χ3n) is 5.31. The molecule has 8 heteroatoms. The van der Waals surface area contributed by atoms with Crippen LogP contribution >= 0.6 is 0 Å². The lowest BCUT2D eigenvalue weighted by Crippen LogP contribution is -2.25. The molecule has 0 aliphatic carbocycles. The predicted molar refractivity (Wildman–Crippen MR) is 121 cm³/mol. The number of imidazole rings is 1. The maximum absolute atomic E-state index is 12.6. The summed E-state index contributed by atoms with van der Waals surface area (Å²) in [6.07, 6.45) is 0.474. The lowest BCUT2D eigenvalue weighted by molar-refractivity contribution is 0.0954. The minimum atomic E-state index is -0.166. The van der Waals surface area contributed by atoms with Gasteiger partial charge in [-0.2, -0.15) is 4.98 Å². The van der Waals surface area contributed by atoms with Crippen LogP contribution in [0.5, 0.6) is 0 Å². The van der Waals surface area contributed by atoms with Gasteiger partial charge in [0.2, 0.25) is 0 Å². The highest BCUT2D eigenvalue weighted by Crippen LogP contribution is 2.24. The summed E-state index contributed by atoms with van der Waals surface area (Å²) in [5.74, 6) is 2.15. The summed E-state index contributed by atoms with van der Waals surface area (Å²) in [6.45, 7) is 7.01. The molecular formula is C24H27N5O3. The molecule has 2 aromatic heterocycles. The maximum atomic E-state index is 12.6. The van der Waals surface area contributed by atoms with Gasteiger partial charge in [0.1, 0.15) is 12.4 Å². The summed E-state index contributed by atoms with van der Waals surface area (Å²) >= 11 is 0. The van der Waals surface area contributed by atoms with Gasteiger partial charge in [-0.05, 0) is 48.7 Å². The van der Waals surface area contributed by atoms with Crippen LogP contribution in [0.3, 0.4) is 0 Å². The Morgan fingerprint density at radius 1 is 1.16 bits per heavy atom. The monoisotopic (exact) mass is 433 g/mol. The molecule has 0 fully saturated rings. The van der Waals surface area contributed by atoms with Crippen molar-refractivity contribution >= 4 is 16.9 Å². The van der Waals surface area contributed by atoms with Crippen molar-refractivity contribution in [2.75, 3.05) is 13.7 Å². The number of amides is 1. The molecule has 166 valence electrons.